The average molecular weight is 302 g/mol. The monoisotopic (exact) mass is 301 g/mol. The van der Waals surface area contributed by atoms with E-state index in [1.54, 1.807) is 12.3 Å². The minimum absolute atomic E-state index is 0.0992. The molecular formula is C15H12ClN3O2. The standard InChI is InChI=1S/C15H12ClN3O2/c16-14-12(6-8-21-14)15(20)17-9-10-1-3-11(4-2-10)13-5-7-18-19-13/h1-8H,9H2,(H,17,20)(H,18,19). The maximum atomic E-state index is 11.9. The second kappa shape index (κ2) is 5.85. The molecule has 3 aromatic rings. The number of nitrogens with zero attached hydrogens (tertiary/aromatic N) is 1. The molecule has 0 aliphatic heterocycles. The molecule has 0 spiro atoms. The second-order valence-corrected chi connectivity index (χ2v) is 4.80. The molecule has 0 atom stereocenters. The summed E-state index contributed by atoms with van der Waals surface area (Å²) in [6, 6.07) is 11.3. The van der Waals surface area contributed by atoms with Crippen LogP contribution in [0.3, 0.4) is 0 Å². The molecule has 3 rings (SSSR count). The maximum absolute atomic E-state index is 11.9. The van der Waals surface area contributed by atoms with Gasteiger partial charge in [0.05, 0.1) is 17.5 Å². The minimum Gasteiger partial charge on any atom is -0.452 e. The lowest BCUT2D eigenvalue weighted by molar-refractivity contribution is 0.0950. The van der Waals surface area contributed by atoms with E-state index in [1.807, 2.05) is 30.3 Å². The smallest absolute Gasteiger partial charge is 0.256 e. The van der Waals surface area contributed by atoms with E-state index in [0.29, 0.717) is 12.1 Å². The Labute approximate surface area is 125 Å². The van der Waals surface area contributed by atoms with Gasteiger partial charge in [0.1, 0.15) is 0 Å². The summed E-state index contributed by atoms with van der Waals surface area (Å²) in [5, 5.41) is 9.71. The van der Waals surface area contributed by atoms with E-state index in [9.17, 15) is 4.79 Å². The molecule has 0 saturated carbocycles. The highest BCUT2D eigenvalue weighted by atomic mass is 35.5. The third kappa shape index (κ3) is 2.98. The number of halogens is 1. The molecular weight excluding hydrogens is 290 g/mol. The highest BCUT2D eigenvalue weighted by molar-refractivity contribution is 6.32. The van der Waals surface area contributed by atoms with Crippen molar-refractivity contribution in [3.05, 3.63) is 65.2 Å². The summed E-state index contributed by atoms with van der Waals surface area (Å²) in [7, 11) is 0. The minimum atomic E-state index is -0.258. The molecule has 0 aliphatic carbocycles. The molecule has 0 aliphatic rings. The molecule has 0 bridgehead atoms. The van der Waals surface area contributed by atoms with Crippen LogP contribution in [0.25, 0.3) is 11.3 Å². The van der Waals surface area contributed by atoms with Gasteiger partial charge < -0.3 is 9.73 Å². The van der Waals surface area contributed by atoms with E-state index in [1.165, 1.54) is 6.26 Å². The number of amides is 1. The summed E-state index contributed by atoms with van der Waals surface area (Å²) in [6.07, 6.45) is 3.09. The Morgan fingerprint density at radius 3 is 2.67 bits per heavy atom. The van der Waals surface area contributed by atoms with Gasteiger partial charge in [0.15, 0.2) is 0 Å². The third-order valence-corrected chi connectivity index (χ3v) is 3.37. The summed E-state index contributed by atoms with van der Waals surface area (Å²) in [6.45, 7) is 0.420. The lowest BCUT2D eigenvalue weighted by atomic mass is 10.1. The van der Waals surface area contributed by atoms with Gasteiger partial charge in [0, 0.05) is 12.7 Å². The average Bonchev–Trinajstić information content (AvgIpc) is 3.16. The maximum Gasteiger partial charge on any atom is 0.256 e. The SMILES string of the molecule is O=C(NCc1ccc(-c2ccn[nH]2)cc1)c1ccoc1Cl. The zero-order valence-electron chi connectivity index (χ0n) is 11.0. The Hall–Kier alpha value is -2.53. The van der Waals surface area contributed by atoms with E-state index in [2.05, 4.69) is 15.5 Å². The van der Waals surface area contributed by atoms with Crippen LogP contribution in [-0.2, 0) is 6.54 Å². The van der Waals surface area contributed by atoms with Gasteiger partial charge in [-0.05, 0) is 34.9 Å². The lowest BCUT2D eigenvalue weighted by Crippen LogP contribution is -2.22. The van der Waals surface area contributed by atoms with Gasteiger partial charge in [0.25, 0.3) is 5.91 Å². The van der Waals surface area contributed by atoms with E-state index >= 15 is 0 Å². The van der Waals surface area contributed by atoms with Crippen LogP contribution in [-0.4, -0.2) is 16.1 Å². The normalized spacial score (nSPS) is 10.5. The van der Waals surface area contributed by atoms with Crippen LogP contribution in [0.15, 0.2) is 53.3 Å². The molecule has 0 unspecified atom stereocenters. The molecule has 6 heteroatoms. The number of hydrogen-bond donors (Lipinski definition) is 2. The number of aromatic nitrogens is 2. The number of nitrogens with one attached hydrogen (secondary N) is 2. The number of carbonyl (C=O) groups is 1. The molecule has 21 heavy (non-hydrogen) atoms. The van der Waals surface area contributed by atoms with Crippen LogP contribution in [0.4, 0.5) is 0 Å². The highest BCUT2D eigenvalue weighted by Crippen LogP contribution is 2.18. The summed E-state index contributed by atoms with van der Waals surface area (Å²) < 4.78 is 4.89. The van der Waals surface area contributed by atoms with Gasteiger partial charge in [-0.1, -0.05) is 24.3 Å². The number of hydrogen-bond acceptors (Lipinski definition) is 3. The molecule has 1 amide bonds. The van der Waals surface area contributed by atoms with Crippen molar-refractivity contribution in [2.24, 2.45) is 0 Å². The predicted molar refractivity (Wildman–Crippen MR) is 78.9 cm³/mol. The van der Waals surface area contributed by atoms with Crippen LogP contribution >= 0.6 is 11.6 Å². The Morgan fingerprint density at radius 1 is 1.24 bits per heavy atom. The largest absolute Gasteiger partial charge is 0.452 e. The van der Waals surface area contributed by atoms with Gasteiger partial charge in [0.2, 0.25) is 5.22 Å². The van der Waals surface area contributed by atoms with Crippen molar-refractivity contribution in [2.45, 2.75) is 6.54 Å². The first-order chi connectivity index (χ1) is 10.2. The Kier molecular flexibility index (Phi) is 3.75. The van der Waals surface area contributed by atoms with Crippen LogP contribution in [0, 0.1) is 0 Å². The molecule has 0 saturated heterocycles. The number of aromatic amines is 1. The zero-order chi connectivity index (χ0) is 14.7. The summed E-state index contributed by atoms with van der Waals surface area (Å²) >= 11 is 5.76. The molecule has 106 valence electrons. The van der Waals surface area contributed by atoms with Gasteiger partial charge >= 0.3 is 0 Å². The second-order valence-electron chi connectivity index (χ2n) is 4.46. The fraction of sp³-hybridized carbons (Fsp3) is 0.0667. The molecule has 0 radical (unpaired) electrons. The van der Waals surface area contributed by atoms with Gasteiger partial charge in [-0.3, -0.25) is 9.89 Å². The van der Waals surface area contributed by atoms with E-state index in [-0.39, 0.29) is 11.1 Å². The van der Waals surface area contributed by atoms with E-state index in [0.717, 1.165) is 16.8 Å². The Balaban J connectivity index is 1.64. The molecule has 1 aromatic carbocycles. The van der Waals surface area contributed by atoms with E-state index < -0.39 is 0 Å². The van der Waals surface area contributed by atoms with Crippen molar-refractivity contribution < 1.29 is 9.21 Å². The van der Waals surface area contributed by atoms with Crippen molar-refractivity contribution >= 4 is 17.5 Å². The fourth-order valence-electron chi connectivity index (χ4n) is 1.95. The van der Waals surface area contributed by atoms with Crippen molar-refractivity contribution in [1.29, 1.82) is 0 Å². The predicted octanol–water partition coefficient (Wildman–Crippen LogP) is 3.25. The van der Waals surface area contributed by atoms with Crippen molar-refractivity contribution in [2.75, 3.05) is 0 Å². The topological polar surface area (TPSA) is 70.9 Å². The summed E-state index contributed by atoms with van der Waals surface area (Å²) in [5.41, 5.74) is 3.33. The number of H-pyrrole nitrogens is 1. The Bertz CT molecular complexity index is 733. The number of rotatable bonds is 4. The number of furan rings is 1. The lowest BCUT2D eigenvalue weighted by Gasteiger charge is -2.05. The molecule has 2 heterocycles. The van der Waals surface area contributed by atoms with Gasteiger partial charge in [-0.15, -0.1) is 0 Å². The fourth-order valence-corrected chi connectivity index (χ4v) is 2.15. The first-order valence-corrected chi connectivity index (χ1v) is 6.72. The van der Waals surface area contributed by atoms with Crippen molar-refractivity contribution in [3.8, 4) is 11.3 Å². The van der Waals surface area contributed by atoms with Gasteiger partial charge in [-0.2, -0.15) is 5.10 Å². The van der Waals surface area contributed by atoms with Crippen LogP contribution in [0.1, 0.15) is 15.9 Å². The third-order valence-electron chi connectivity index (χ3n) is 3.08. The van der Waals surface area contributed by atoms with Crippen LogP contribution < -0.4 is 5.32 Å². The van der Waals surface area contributed by atoms with Crippen LogP contribution in [0.2, 0.25) is 5.22 Å². The number of benzene rings is 1. The molecule has 5 nitrogen and oxygen atoms in total. The van der Waals surface area contributed by atoms with Crippen molar-refractivity contribution in [3.63, 3.8) is 0 Å². The quantitative estimate of drug-likeness (QED) is 0.777. The highest BCUT2D eigenvalue weighted by Gasteiger charge is 2.12. The van der Waals surface area contributed by atoms with E-state index in [4.69, 9.17) is 16.0 Å². The van der Waals surface area contributed by atoms with Gasteiger partial charge in [-0.25, -0.2) is 0 Å². The summed E-state index contributed by atoms with van der Waals surface area (Å²) in [5.74, 6) is -0.258. The van der Waals surface area contributed by atoms with Crippen LogP contribution in [0.5, 0.6) is 0 Å². The molecule has 0 fully saturated rings. The first kappa shape index (κ1) is 13.5. The zero-order valence-corrected chi connectivity index (χ0v) is 11.7. The van der Waals surface area contributed by atoms with Crippen molar-refractivity contribution in [1.82, 2.24) is 15.5 Å². The first-order valence-electron chi connectivity index (χ1n) is 6.34. The molecule has 2 N–H and O–H groups in total. The Morgan fingerprint density at radius 2 is 2.05 bits per heavy atom. The molecule has 2 aromatic heterocycles. The summed E-state index contributed by atoms with van der Waals surface area (Å²) in [4.78, 5) is 11.9. The number of carbonyl (C=O) groups excluding carboxylic acids is 1.